The van der Waals surface area contributed by atoms with E-state index in [0.29, 0.717) is 16.3 Å². The average molecular weight is 318 g/mol. The zero-order valence-corrected chi connectivity index (χ0v) is 13.2. The lowest BCUT2D eigenvalue weighted by molar-refractivity contribution is 0.0726. The molecule has 2 N–H and O–H groups in total. The zero-order chi connectivity index (χ0) is 15.7. The third kappa shape index (κ3) is 2.89. The van der Waals surface area contributed by atoms with Crippen LogP contribution in [0, 0.1) is 6.92 Å². The summed E-state index contributed by atoms with van der Waals surface area (Å²) in [5.74, 6) is -0.516. The monoisotopic (exact) mass is 318 g/mol. The van der Waals surface area contributed by atoms with Crippen LogP contribution < -0.4 is 5.73 Å². The highest BCUT2D eigenvalue weighted by Gasteiger charge is 2.30. The van der Waals surface area contributed by atoms with Gasteiger partial charge < -0.3 is 10.6 Å². The van der Waals surface area contributed by atoms with E-state index in [9.17, 15) is 9.59 Å². The van der Waals surface area contributed by atoms with Gasteiger partial charge in [-0.2, -0.15) is 5.10 Å². The van der Waals surface area contributed by atoms with Gasteiger partial charge in [0.15, 0.2) is 0 Å². The Morgan fingerprint density at radius 3 is 2.82 bits per heavy atom. The molecule has 0 unspecified atom stereocenters. The molecule has 1 aliphatic heterocycles. The van der Waals surface area contributed by atoms with Crippen molar-refractivity contribution >= 4 is 23.2 Å². The Kier molecular flexibility index (Phi) is 3.98. The van der Waals surface area contributed by atoms with Crippen LogP contribution in [0.5, 0.6) is 0 Å². The van der Waals surface area contributed by atoms with Gasteiger partial charge in [-0.05, 0) is 37.5 Å². The number of primary amides is 1. The van der Waals surface area contributed by atoms with E-state index >= 15 is 0 Å². The normalized spacial score (nSPS) is 17.9. The Labute approximate surface area is 132 Å². The topological polar surface area (TPSA) is 81.2 Å². The predicted octanol–water partition coefficient (Wildman–Crippen LogP) is 1.66. The number of aromatic nitrogens is 2. The largest absolute Gasteiger partial charge is 0.365 e. The van der Waals surface area contributed by atoms with Gasteiger partial charge in [0.05, 0.1) is 28.5 Å². The smallest absolute Gasteiger partial charge is 0.264 e. The van der Waals surface area contributed by atoms with Crippen molar-refractivity contribution in [3.05, 3.63) is 39.8 Å². The number of carbonyl (C=O) groups excluding carboxylic acids is 2. The Bertz CT molecular complexity index is 706. The van der Waals surface area contributed by atoms with Crippen LogP contribution in [0.4, 0.5) is 0 Å². The van der Waals surface area contributed by atoms with Crippen LogP contribution in [-0.4, -0.2) is 39.1 Å². The highest BCUT2D eigenvalue weighted by atomic mass is 32.1. The van der Waals surface area contributed by atoms with Crippen molar-refractivity contribution in [3.8, 4) is 0 Å². The molecule has 7 heteroatoms. The summed E-state index contributed by atoms with van der Waals surface area (Å²) >= 11 is 1.16. The number of nitrogens with two attached hydrogens (primary N) is 1. The Hall–Kier alpha value is -2.15. The molecule has 0 bridgehead atoms. The quantitative estimate of drug-likeness (QED) is 0.931. The number of nitrogens with zero attached hydrogens (tertiary/aromatic N) is 3. The summed E-state index contributed by atoms with van der Waals surface area (Å²) in [4.78, 5) is 26.7. The van der Waals surface area contributed by atoms with Crippen molar-refractivity contribution < 1.29 is 9.59 Å². The molecule has 0 aromatic carbocycles. The van der Waals surface area contributed by atoms with E-state index in [-0.39, 0.29) is 11.9 Å². The maximum absolute atomic E-state index is 12.6. The summed E-state index contributed by atoms with van der Waals surface area (Å²) in [6, 6.07) is 3.44. The summed E-state index contributed by atoms with van der Waals surface area (Å²) < 4.78 is 1.88. The first-order valence-corrected chi connectivity index (χ1v) is 8.06. The lowest BCUT2D eigenvalue weighted by Gasteiger charge is -2.24. The molecule has 1 atom stereocenters. The van der Waals surface area contributed by atoms with Crippen molar-refractivity contribution in [2.24, 2.45) is 5.73 Å². The highest BCUT2D eigenvalue weighted by molar-refractivity contribution is 7.15. The van der Waals surface area contributed by atoms with E-state index in [1.54, 1.807) is 12.1 Å². The lowest BCUT2D eigenvalue weighted by Crippen LogP contribution is -2.37. The van der Waals surface area contributed by atoms with Crippen LogP contribution in [-0.2, 0) is 6.54 Å². The van der Waals surface area contributed by atoms with Crippen LogP contribution >= 0.6 is 11.3 Å². The summed E-state index contributed by atoms with van der Waals surface area (Å²) in [7, 11) is 0. The molecule has 3 heterocycles. The number of carbonyl (C=O) groups is 2. The molecule has 0 spiro atoms. The van der Waals surface area contributed by atoms with Crippen molar-refractivity contribution in [1.82, 2.24) is 14.7 Å². The van der Waals surface area contributed by atoms with Crippen LogP contribution in [0.15, 0.2) is 24.5 Å². The molecule has 116 valence electrons. The highest BCUT2D eigenvalue weighted by Crippen LogP contribution is 2.25. The lowest BCUT2D eigenvalue weighted by atomic mass is 10.2. The Morgan fingerprint density at radius 2 is 2.18 bits per heavy atom. The number of likely N-dealkylation sites (tertiary alicyclic amines) is 1. The van der Waals surface area contributed by atoms with Gasteiger partial charge in [-0.3, -0.25) is 14.3 Å². The Morgan fingerprint density at radius 1 is 1.41 bits per heavy atom. The molecule has 0 aliphatic carbocycles. The second-order valence-electron chi connectivity index (χ2n) is 5.56. The van der Waals surface area contributed by atoms with E-state index in [0.717, 1.165) is 36.3 Å². The molecule has 1 aliphatic rings. The minimum atomic E-state index is -0.492. The average Bonchev–Trinajstić information content (AvgIpc) is 3.19. The minimum absolute atomic E-state index is 0.0242. The molecular weight excluding hydrogens is 300 g/mol. The van der Waals surface area contributed by atoms with Crippen molar-refractivity contribution in [2.45, 2.75) is 32.4 Å². The van der Waals surface area contributed by atoms with Gasteiger partial charge in [-0.15, -0.1) is 11.3 Å². The molecule has 3 rings (SSSR count). The molecule has 2 aromatic rings. The third-order valence-corrected chi connectivity index (χ3v) is 4.95. The molecule has 2 aromatic heterocycles. The second kappa shape index (κ2) is 5.92. The van der Waals surface area contributed by atoms with Crippen LogP contribution in [0.25, 0.3) is 0 Å². The van der Waals surface area contributed by atoms with Crippen molar-refractivity contribution in [3.63, 3.8) is 0 Å². The SMILES string of the molecule is Cc1cnn(C[C@H]2CCCN2C(=O)c2ccc(C(N)=O)s2)c1. The molecule has 0 radical (unpaired) electrons. The van der Waals surface area contributed by atoms with Crippen LogP contribution in [0.2, 0.25) is 0 Å². The standard InChI is InChI=1S/C15H18N4O2S/c1-10-7-17-18(8-10)9-11-3-2-6-19(11)15(21)13-5-4-12(22-13)14(16)20/h4-5,7-8,11H,2-3,6,9H2,1H3,(H2,16,20)/t11-/m1/s1. The molecule has 0 saturated carbocycles. The first kappa shape index (κ1) is 14.8. The Balaban J connectivity index is 1.74. The number of hydrogen-bond acceptors (Lipinski definition) is 4. The summed E-state index contributed by atoms with van der Waals surface area (Å²) in [6.45, 7) is 3.44. The van der Waals surface area contributed by atoms with E-state index in [2.05, 4.69) is 5.10 Å². The van der Waals surface area contributed by atoms with Gasteiger partial charge in [0.2, 0.25) is 0 Å². The third-order valence-electron chi connectivity index (χ3n) is 3.86. The first-order chi connectivity index (χ1) is 10.5. The number of aryl methyl sites for hydroxylation is 1. The van der Waals surface area contributed by atoms with Crippen molar-refractivity contribution in [2.75, 3.05) is 6.54 Å². The molecule has 1 saturated heterocycles. The van der Waals surface area contributed by atoms with E-state index in [4.69, 9.17) is 5.73 Å². The van der Waals surface area contributed by atoms with Crippen LogP contribution in [0.1, 0.15) is 37.7 Å². The van der Waals surface area contributed by atoms with Gasteiger partial charge in [0.25, 0.3) is 11.8 Å². The molecular formula is C15H18N4O2S. The fourth-order valence-corrected chi connectivity index (χ4v) is 3.62. The first-order valence-electron chi connectivity index (χ1n) is 7.24. The number of amides is 2. The summed E-state index contributed by atoms with van der Waals surface area (Å²) in [5.41, 5.74) is 6.36. The number of rotatable bonds is 4. The maximum atomic E-state index is 12.6. The van der Waals surface area contributed by atoms with E-state index < -0.39 is 5.91 Å². The zero-order valence-electron chi connectivity index (χ0n) is 12.4. The molecule has 22 heavy (non-hydrogen) atoms. The molecule has 1 fully saturated rings. The van der Waals surface area contributed by atoms with Crippen LogP contribution in [0.3, 0.4) is 0 Å². The van der Waals surface area contributed by atoms with Gasteiger partial charge in [0.1, 0.15) is 0 Å². The van der Waals surface area contributed by atoms with Gasteiger partial charge in [0, 0.05) is 12.7 Å². The number of hydrogen-bond donors (Lipinski definition) is 1. The van der Waals surface area contributed by atoms with Gasteiger partial charge >= 0.3 is 0 Å². The predicted molar refractivity (Wildman–Crippen MR) is 83.9 cm³/mol. The van der Waals surface area contributed by atoms with Crippen molar-refractivity contribution in [1.29, 1.82) is 0 Å². The van der Waals surface area contributed by atoms with E-state index in [1.807, 2.05) is 28.9 Å². The number of thiophene rings is 1. The molecule has 2 amide bonds. The van der Waals surface area contributed by atoms with E-state index in [1.165, 1.54) is 0 Å². The summed E-state index contributed by atoms with van der Waals surface area (Å²) in [5, 5.41) is 4.29. The fraction of sp³-hybridized carbons (Fsp3) is 0.400. The van der Waals surface area contributed by atoms with Gasteiger partial charge in [-0.1, -0.05) is 0 Å². The maximum Gasteiger partial charge on any atom is 0.264 e. The summed E-state index contributed by atoms with van der Waals surface area (Å²) in [6.07, 6.45) is 5.76. The second-order valence-corrected chi connectivity index (χ2v) is 6.65. The minimum Gasteiger partial charge on any atom is -0.365 e. The molecule has 6 nitrogen and oxygen atoms in total. The van der Waals surface area contributed by atoms with Gasteiger partial charge in [-0.25, -0.2) is 0 Å². The fourth-order valence-electron chi connectivity index (χ4n) is 2.80.